The van der Waals surface area contributed by atoms with E-state index in [-0.39, 0.29) is 30.7 Å². The highest BCUT2D eigenvalue weighted by atomic mass is 32.1. The third-order valence-corrected chi connectivity index (χ3v) is 5.88. The molecule has 0 aliphatic carbocycles. The van der Waals surface area contributed by atoms with Gasteiger partial charge < -0.3 is 9.64 Å². The summed E-state index contributed by atoms with van der Waals surface area (Å²) < 4.78 is 5.16. The third kappa shape index (κ3) is 3.84. The van der Waals surface area contributed by atoms with Crippen molar-refractivity contribution >= 4 is 34.7 Å². The molecule has 4 rings (SSSR count). The number of benzene rings is 2. The molecule has 3 amide bonds. The van der Waals surface area contributed by atoms with Gasteiger partial charge in [-0.2, -0.15) is 0 Å². The fourth-order valence-corrected chi connectivity index (χ4v) is 4.20. The molecule has 1 atom stereocenters. The lowest BCUT2D eigenvalue weighted by atomic mass is 10.1. The molecule has 7 heteroatoms. The Hall–Kier alpha value is -3.45. The number of imide groups is 1. The van der Waals surface area contributed by atoms with Crippen molar-refractivity contribution in [3.05, 3.63) is 82.6 Å². The van der Waals surface area contributed by atoms with Crippen LogP contribution in [0.1, 0.15) is 21.7 Å². The summed E-state index contributed by atoms with van der Waals surface area (Å²) in [6, 6.07) is 18.5. The largest absolute Gasteiger partial charge is 0.497 e. The first-order valence-electron chi connectivity index (χ1n) is 9.47. The minimum absolute atomic E-state index is 0.0407. The summed E-state index contributed by atoms with van der Waals surface area (Å²) in [6.45, 7) is 0.259. The number of thiophene rings is 1. The van der Waals surface area contributed by atoms with Gasteiger partial charge in [-0.25, -0.2) is 4.90 Å². The number of anilines is 1. The molecule has 0 spiro atoms. The Bertz CT molecular complexity index is 1050. The molecular weight excluding hydrogens is 400 g/mol. The standard InChI is InChI=1S/C23H20N2O4S/c1-29-18-11-9-16(10-12-18)22(27)24(15-19-8-5-13-30-19)20-14-21(26)25(23(20)28)17-6-3-2-4-7-17/h2-13,20H,14-15H2,1H3. The number of para-hydroxylation sites is 1. The van der Waals surface area contributed by atoms with E-state index in [9.17, 15) is 14.4 Å². The number of ether oxygens (including phenoxy) is 1. The predicted molar refractivity (Wildman–Crippen MR) is 115 cm³/mol. The lowest BCUT2D eigenvalue weighted by molar-refractivity contribution is -0.122. The lowest BCUT2D eigenvalue weighted by Crippen LogP contribution is -2.45. The van der Waals surface area contributed by atoms with Gasteiger partial charge in [0.05, 0.1) is 25.8 Å². The van der Waals surface area contributed by atoms with Gasteiger partial charge in [0.2, 0.25) is 5.91 Å². The zero-order valence-corrected chi connectivity index (χ0v) is 17.2. The second kappa shape index (κ2) is 8.51. The number of rotatable bonds is 6. The van der Waals surface area contributed by atoms with Crippen molar-refractivity contribution in [1.29, 1.82) is 0 Å². The summed E-state index contributed by atoms with van der Waals surface area (Å²) in [5.74, 6) is -0.356. The fraction of sp³-hybridized carbons (Fsp3) is 0.174. The highest BCUT2D eigenvalue weighted by molar-refractivity contribution is 7.09. The summed E-state index contributed by atoms with van der Waals surface area (Å²) in [5.41, 5.74) is 0.953. The Morgan fingerprint density at radius 3 is 2.43 bits per heavy atom. The highest BCUT2D eigenvalue weighted by Crippen LogP contribution is 2.28. The topological polar surface area (TPSA) is 66.9 Å². The number of carbonyl (C=O) groups excluding carboxylic acids is 3. The molecule has 1 aliphatic rings. The van der Waals surface area contributed by atoms with Crippen LogP contribution in [-0.2, 0) is 16.1 Å². The molecule has 0 saturated carbocycles. The average molecular weight is 420 g/mol. The zero-order valence-electron chi connectivity index (χ0n) is 16.4. The molecule has 1 unspecified atom stereocenters. The first-order valence-corrected chi connectivity index (χ1v) is 10.4. The number of methoxy groups -OCH3 is 1. The third-order valence-electron chi connectivity index (χ3n) is 5.02. The molecule has 1 fully saturated rings. The normalized spacial score (nSPS) is 16.0. The van der Waals surface area contributed by atoms with E-state index >= 15 is 0 Å². The minimum Gasteiger partial charge on any atom is -0.497 e. The molecule has 2 heterocycles. The molecule has 6 nitrogen and oxygen atoms in total. The van der Waals surface area contributed by atoms with E-state index in [1.54, 1.807) is 55.6 Å². The van der Waals surface area contributed by atoms with Crippen LogP contribution in [-0.4, -0.2) is 35.8 Å². The summed E-state index contributed by atoms with van der Waals surface area (Å²) in [6.07, 6.45) is -0.0407. The summed E-state index contributed by atoms with van der Waals surface area (Å²) in [7, 11) is 1.56. The van der Waals surface area contributed by atoms with Crippen molar-refractivity contribution in [2.24, 2.45) is 0 Å². The summed E-state index contributed by atoms with van der Waals surface area (Å²) in [5, 5.41) is 1.92. The quantitative estimate of drug-likeness (QED) is 0.570. The monoisotopic (exact) mass is 420 g/mol. The smallest absolute Gasteiger partial charge is 0.257 e. The van der Waals surface area contributed by atoms with Crippen LogP contribution in [0.25, 0.3) is 0 Å². The van der Waals surface area contributed by atoms with E-state index in [1.807, 2.05) is 23.6 Å². The molecule has 0 radical (unpaired) electrons. The van der Waals surface area contributed by atoms with Gasteiger partial charge >= 0.3 is 0 Å². The summed E-state index contributed by atoms with van der Waals surface area (Å²) in [4.78, 5) is 42.9. The maximum Gasteiger partial charge on any atom is 0.257 e. The molecule has 0 N–H and O–H groups in total. The van der Waals surface area contributed by atoms with Crippen molar-refractivity contribution in [1.82, 2.24) is 4.90 Å². The molecule has 1 aliphatic heterocycles. The first kappa shape index (κ1) is 19.8. The number of amides is 3. The van der Waals surface area contributed by atoms with E-state index in [0.717, 1.165) is 4.88 Å². The van der Waals surface area contributed by atoms with E-state index in [1.165, 1.54) is 21.1 Å². The summed E-state index contributed by atoms with van der Waals surface area (Å²) >= 11 is 1.50. The zero-order chi connectivity index (χ0) is 21.1. The molecule has 1 saturated heterocycles. The van der Waals surface area contributed by atoms with Gasteiger partial charge in [0.15, 0.2) is 0 Å². The Morgan fingerprint density at radius 2 is 1.80 bits per heavy atom. The first-order chi connectivity index (χ1) is 14.6. The number of hydrogen-bond acceptors (Lipinski definition) is 5. The Morgan fingerprint density at radius 1 is 1.07 bits per heavy atom. The van der Waals surface area contributed by atoms with E-state index < -0.39 is 6.04 Å². The van der Waals surface area contributed by atoms with Gasteiger partial charge in [-0.05, 0) is 47.8 Å². The Kier molecular flexibility index (Phi) is 5.63. The van der Waals surface area contributed by atoms with Crippen LogP contribution in [0.2, 0.25) is 0 Å². The molecule has 0 bridgehead atoms. The van der Waals surface area contributed by atoms with Crippen LogP contribution >= 0.6 is 11.3 Å². The van der Waals surface area contributed by atoms with Gasteiger partial charge in [0.1, 0.15) is 11.8 Å². The van der Waals surface area contributed by atoms with Crippen molar-refractivity contribution in [2.75, 3.05) is 12.0 Å². The van der Waals surface area contributed by atoms with Crippen LogP contribution < -0.4 is 9.64 Å². The second-order valence-electron chi connectivity index (χ2n) is 6.86. The minimum atomic E-state index is -0.852. The van der Waals surface area contributed by atoms with Gasteiger partial charge in [-0.3, -0.25) is 14.4 Å². The average Bonchev–Trinajstić information content (AvgIpc) is 3.39. The molecule has 2 aromatic carbocycles. The van der Waals surface area contributed by atoms with E-state index in [0.29, 0.717) is 17.0 Å². The van der Waals surface area contributed by atoms with Crippen LogP contribution in [0.5, 0.6) is 5.75 Å². The van der Waals surface area contributed by atoms with Crippen molar-refractivity contribution in [2.45, 2.75) is 19.0 Å². The maximum absolute atomic E-state index is 13.4. The predicted octanol–water partition coefficient (Wildman–Crippen LogP) is 3.73. The number of carbonyl (C=O) groups is 3. The molecular formula is C23H20N2O4S. The van der Waals surface area contributed by atoms with Crippen LogP contribution in [0.4, 0.5) is 5.69 Å². The molecule has 152 valence electrons. The fourth-order valence-electron chi connectivity index (χ4n) is 3.50. The maximum atomic E-state index is 13.4. The SMILES string of the molecule is COc1ccc(C(=O)N(Cc2cccs2)C2CC(=O)N(c3ccccc3)C2=O)cc1. The van der Waals surface area contributed by atoms with E-state index in [4.69, 9.17) is 4.74 Å². The molecule has 3 aromatic rings. The van der Waals surface area contributed by atoms with Crippen LogP contribution in [0, 0.1) is 0 Å². The van der Waals surface area contributed by atoms with Gasteiger partial charge in [0.25, 0.3) is 11.8 Å². The van der Waals surface area contributed by atoms with Crippen molar-refractivity contribution < 1.29 is 19.1 Å². The van der Waals surface area contributed by atoms with E-state index in [2.05, 4.69) is 0 Å². The van der Waals surface area contributed by atoms with Gasteiger partial charge in [-0.15, -0.1) is 11.3 Å². The number of hydrogen-bond donors (Lipinski definition) is 0. The molecule has 1 aromatic heterocycles. The van der Waals surface area contributed by atoms with Crippen molar-refractivity contribution in [3.8, 4) is 5.75 Å². The molecule has 30 heavy (non-hydrogen) atoms. The van der Waals surface area contributed by atoms with Crippen molar-refractivity contribution in [3.63, 3.8) is 0 Å². The Balaban J connectivity index is 1.66. The van der Waals surface area contributed by atoms with Gasteiger partial charge in [0, 0.05) is 10.4 Å². The number of nitrogens with zero attached hydrogens (tertiary/aromatic N) is 2. The second-order valence-corrected chi connectivity index (χ2v) is 7.90. The highest BCUT2D eigenvalue weighted by Gasteiger charge is 2.44. The van der Waals surface area contributed by atoms with Crippen LogP contribution in [0.3, 0.4) is 0 Å². The lowest BCUT2D eigenvalue weighted by Gasteiger charge is -2.27. The van der Waals surface area contributed by atoms with Crippen LogP contribution in [0.15, 0.2) is 72.1 Å². The van der Waals surface area contributed by atoms with Gasteiger partial charge in [-0.1, -0.05) is 24.3 Å². The Labute approximate surface area is 178 Å².